The monoisotopic (exact) mass is 207 g/mol. The number of aryl methyl sites for hydroxylation is 1. The number of benzene rings is 1. The van der Waals surface area contributed by atoms with Crippen LogP contribution in [0.25, 0.3) is 0 Å². The van der Waals surface area contributed by atoms with Crippen molar-refractivity contribution in [2.24, 2.45) is 0 Å². The van der Waals surface area contributed by atoms with Crippen molar-refractivity contribution in [2.45, 2.75) is 20.0 Å². The Kier molecular flexibility index (Phi) is 3.72. The van der Waals surface area contributed by atoms with Gasteiger partial charge in [0.15, 0.2) is 6.10 Å². The lowest BCUT2D eigenvalue weighted by Crippen LogP contribution is -2.35. The molecular formula is C12H17NO2. The highest BCUT2D eigenvalue weighted by atomic mass is 16.5. The standard InChI is InChI=1S/C12H17NO2/c1-9-7-5-6-8-11(9)15-10(2)12(14)13(3)4/h5-8,10H,1-4H3/t10-/m0/s1. The Balaban J connectivity index is 2.71. The minimum atomic E-state index is -0.443. The maximum absolute atomic E-state index is 11.6. The first-order valence-electron chi connectivity index (χ1n) is 4.96. The van der Waals surface area contributed by atoms with E-state index < -0.39 is 6.10 Å². The molecule has 0 aromatic heterocycles. The van der Waals surface area contributed by atoms with Crippen molar-refractivity contribution in [1.29, 1.82) is 0 Å². The molecule has 0 aliphatic rings. The SMILES string of the molecule is Cc1ccccc1O[C@@H](C)C(=O)N(C)C. The number of likely N-dealkylation sites (N-methyl/N-ethyl adjacent to an activating group) is 1. The number of rotatable bonds is 3. The fraction of sp³-hybridized carbons (Fsp3) is 0.417. The molecule has 0 saturated heterocycles. The van der Waals surface area contributed by atoms with E-state index in [1.165, 1.54) is 4.90 Å². The molecule has 3 heteroatoms. The van der Waals surface area contributed by atoms with Crippen LogP contribution in [0.3, 0.4) is 0 Å². The van der Waals surface area contributed by atoms with Crippen LogP contribution in [0.15, 0.2) is 24.3 Å². The summed E-state index contributed by atoms with van der Waals surface area (Å²) in [5.74, 6) is 0.735. The smallest absolute Gasteiger partial charge is 0.262 e. The average Bonchev–Trinajstić information content (AvgIpc) is 2.20. The summed E-state index contributed by atoms with van der Waals surface area (Å²) in [6.07, 6.45) is -0.443. The molecule has 15 heavy (non-hydrogen) atoms. The van der Waals surface area contributed by atoms with Gasteiger partial charge >= 0.3 is 0 Å². The molecule has 1 rings (SSSR count). The van der Waals surface area contributed by atoms with Crippen molar-refractivity contribution in [3.05, 3.63) is 29.8 Å². The van der Waals surface area contributed by atoms with E-state index in [9.17, 15) is 4.79 Å². The molecule has 0 saturated carbocycles. The lowest BCUT2D eigenvalue weighted by atomic mass is 10.2. The lowest BCUT2D eigenvalue weighted by Gasteiger charge is -2.19. The summed E-state index contributed by atoms with van der Waals surface area (Å²) in [7, 11) is 3.44. The largest absolute Gasteiger partial charge is 0.481 e. The Morgan fingerprint density at radius 1 is 1.33 bits per heavy atom. The molecule has 0 aliphatic carbocycles. The molecule has 0 unspecified atom stereocenters. The Hall–Kier alpha value is -1.51. The van der Waals surface area contributed by atoms with Crippen LogP contribution < -0.4 is 4.74 Å². The third-order valence-electron chi connectivity index (χ3n) is 2.19. The van der Waals surface area contributed by atoms with E-state index >= 15 is 0 Å². The molecule has 82 valence electrons. The fourth-order valence-electron chi connectivity index (χ4n) is 1.29. The maximum atomic E-state index is 11.6. The van der Waals surface area contributed by atoms with Crippen LogP contribution in [-0.2, 0) is 4.79 Å². The summed E-state index contributed by atoms with van der Waals surface area (Å²) < 4.78 is 5.58. The van der Waals surface area contributed by atoms with Crippen molar-refractivity contribution in [1.82, 2.24) is 4.90 Å². The first kappa shape index (κ1) is 11.6. The van der Waals surface area contributed by atoms with E-state index in [0.29, 0.717) is 0 Å². The topological polar surface area (TPSA) is 29.5 Å². The second-order valence-electron chi connectivity index (χ2n) is 3.76. The second-order valence-corrected chi connectivity index (χ2v) is 3.76. The van der Waals surface area contributed by atoms with Gasteiger partial charge in [-0.05, 0) is 25.5 Å². The minimum Gasteiger partial charge on any atom is -0.481 e. The normalized spacial score (nSPS) is 12.0. The Bertz CT molecular complexity index is 347. The van der Waals surface area contributed by atoms with Gasteiger partial charge < -0.3 is 9.64 Å². The summed E-state index contributed by atoms with van der Waals surface area (Å²) in [6, 6.07) is 7.67. The van der Waals surface area contributed by atoms with E-state index in [4.69, 9.17) is 4.74 Å². The Labute approximate surface area is 90.7 Å². The number of nitrogens with zero attached hydrogens (tertiary/aromatic N) is 1. The molecule has 1 amide bonds. The van der Waals surface area contributed by atoms with Crippen molar-refractivity contribution >= 4 is 5.91 Å². The van der Waals surface area contributed by atoms with E-state index in [2.05, 4.69) is 0 Å². The van der Waals surface area contributed by atoms with Crippen LogP contribution in [0.5, 0.6) is 5.75 Å². The highest BCUT2D eigenvalue weighted by Crippen LogP contribution is 2.18. The molecule has 1 aromatic rings. The van der Waals surface area contributed by atoms with Crippen LogP contribution >= 0.6 is 0 Å². The average molecular weight is 207 g/mol. The van der Waals surface area contributed by atoms with Gasteiger partial charge in [0, 0.05) is 14.1 Å². The van der Waals surface area contributed by atoms with E-state index in [-0.39, 0.29) is 5.91 Å². The number of hydrogen-bond donors (Lipinski definition) is 0. The van der Waals surface area contributed by atoms with E-state index in [0.717, 1.165) is 11.3 Å². The van der Waals surface area contributed by atoms with Crippen LogP contribution in [0.1, 0.15) is 12.5 Å². The summed E-state index contributed by atoms with van der Waals surface area (Å²) in [6.45, 7) is 3.72. The molecule has 1 atom stereocenters. The van der Waals surface area contributed by atoms with Gasteiger partial charge in [-0.3, -0.25) is 4.79 Å². The summed E-state index contributed by atoms with van der Waals surface area (Å²) >= 11 is 0. The molecule has 0 bridgehead atoms. The van der Waals surface area contributed by atoms with Gasteiger partial charge in [-0.1, -0.05) is 18.2 Å². The zero-order valence-electron chi connectivity index (χ0n) is 9.65. The predicted octanol–water partition coefficient (Wildman–Crippen LogP) is 1.85. The van der Waals surface area contributed by atoms with Gasteiger partial charge in [-0.15, -0.1) is 0 Å². The minimum absolute atomic E-state index is 0.0294. The first-order chi connectivity index (χ1) is 7.02. The van der Waals surface area contributed by atoms with Gasteiger partial charge in [-0.25, -0.2) is 0 Å². The summed E-state index contributed by atoms with van der Waals surface area (Å²) in [5.41, 5.74) is 1.04. The molecule has 3 nitrogen and oxygen atoms in total. The highest BCUT2D eigenvalue weighted by Gasteiger charge is 2.16. The molecule has 0 spiro atoms. The third kappa shape index (κ3) is 2.98. The number of hydrogen-bond acceptors (Lipinski definition) is 2. The van der Waals surface area contributed by atoms with Crippen molar-refractivity contribution in [2.75, 3.05) is 14.1 Å². The molecule has 0 N–H and O–H groups in total. The molecule has 0 radical (unpaired) electrons. The van der Waals surface area contributed by atoms with E-state index in [1.54, 1.807) is 21.0 Å². The number of amides is 1. The van der Waals surface area contributed by atoms with Gasteiger partial charge in [0.1, 0.15) is 5.75 Å². The zero-order valence-corrected chi connectivity index (χ0v) is 9.65. The first-order valence-corrected chi connectivity index (χ1v) is 4.96. The number of ether oxygens (including phenoxy) is 1. The van der Waals surface area contributed by atoms with Crippen molar-refractivity contribution < 1.29 is 9.53 Å². The molecular weight excluding hydrogens is 190 g/mol. The zero-order chi connectivity index (χ0) is 11.4. The van der Waals surface area contributed by atoms with Gasteiger partial charge in [-0.2, -0.15) is 0 Å². The quantitative estimate of drug-likeness (QED) is 0.757. The van der Waals surface area contributed by atoms with E-state index in [1.807, 2.05) is 31.2 Å². The molecule has 0 heterocycles. The van der Waals surface area contributed by atoms with Crippen LogP contribution in [-0.4, -0.2) is 31.0 Å². The second kappa shape index (κ2) is 4.82. The third-order valence-corrected chi connectivity index (χ3v) is 2.19. The lowest BCUT2D eigenvalue weighted by molar-refractivity contribution is -0.135. The number of para-hydroxylation sites is 1. The van der Waals surface area contributed by atoms with Gasteiger partial charge in [0.05, 0.1) is 0 Å². The Morgan fingerprint density at radius 2 is 1.93 bits per heavy atom. The van der Waals surface area contributed by atoms with Crippen LogP contribution in [0.2, 0.25) is 0 Å². The highest BCUT2D eigenvalue weighted by molar-refractivity contribution is 5.80. The molecule has 0 fully saturated rings. The number of carbonyl (C=O) groups excluding carboxylic acids is 1. The molecule has 1 aromatic carbocycles. The number of carbonyl (C=O) groups is 1. The summed E-state index contributed by atoms with van der Waals surface area (Å²) in [5, 5.41) is 0. The van der Waals surface area contributed by atoms with Crippen LogP contribution in [0, 0.1) is 6.92 Å². The van der Waals surface area contributed by atoms with Gasteiger partial charge in [0.25, 0.3) is 5.91 Å². The maximum Gasteiger partial charge on any atom is 0.262 e. The van der Waals surface area contributed by atoms with Crippen molar-refractivity contribution in [3.63, 3.8) is 0 Å². The van der Waals surface area contributed by atoms with Gasteiger partial charge in [0.2, 0.25) is 0 Å². The van der Waals surface area contributed by atoms with Crippen molar-refractivity contribution in [3.8, 4) is 5.75 Å². The summed E-state index contributed by atoms with van der Waals surface area (Å²) in [4.78, 5) is 13.1. The Morgan fingerprint density at radius 3 is 2.47 bits per heavy atom. The predicted molar refractivity (Wildman–Crippen MR) is 60.0 cm³/mol. The molecule has 0 aliphatic heterocycles. The van der Waals surface area contributed by atoms with Crippen LogP contribution in [0.4, 0.5) is 0 Å². The fourth-order valence-corrected chi connectivity index (χ4v) is 1.29.